The molecule has 0 bridgehead atoms. The smallest absolute Gasteiger partial charge is 0.205 e. The van der Waals surface area contributed by atoms with Crippen LogP contribution in [0.15, 0.2) is 47.5 Å². The summed E-state index contributed by atoms with van der Waals surface area (Å²) in [6, 6.07) is 15.6. The van der Waals surface area contributed by atoms with Crippen molar-refractivity contribution in [2.45, 2.75) is 51.4 Å². The van der Waals surface area contributed by atoms with Gasteiger partial charge in [0.05, 0.1) is 29.6 Å². The van der Waals surface area contributed by atoms with Gasteiger partial charge in [-0.25, -0.2) is 0 Å². The van der Waals surface area contributed by atoms with Gasteiger partial charge in [-0.2, -0.15) is 15.5 Å². The molecule has 0 N–H and O–H groups in total. The molecule has 0 radical (unpaired) electrons. The zero-order valence-electron chi connectivity index (χ0n) is 16.6. The van der Waals surface area contributed by atoms with Crippen LogP contribution in [0.3, 0.4) is 0 Å². The van der Waals surface area contributed by atoms with Gasteiger partial charge < -0.3 is 9.47 Å². The lowest BCUT2D eigenvalue weighted by molar-refractivity contribution is -0.0736. The lowest BCUT2D eigenvalue weighted by Crippen LogP contribution is -2.41. The van der Waals surface area contributed by atoms with Crippen LogP contribution in [0.2, 0.25) is 0 Å². The molecule has 4 rings (SSSR count). The Morgan fingerprint density at radius 3 is 2.48 bits per heavy atom. The van der Waals surface area contributed by atoms with Gasteiger partial charge in [0, 0.05) is 17.9 Å². The summed E-state index contributed by atoms with van der Waals surface area (Å²) >= 11 is 0. The van der Waals surface area contributed by atoms with Gasteiger partial charge in [-0.15, -0.1) is 0 Å². The van der Waals surface area contributed by atoms with Gasteiger partial charge >= 0.3 is 0 Å². The van der Waals surface area contributed by atoms with Gasteiger partial charge in [0.1, 0.15) is 11.9 Å². The molecule has 2 aromatic rings. The Bertz CT molecular complexity index is 1020. The van der Waals surface area contributed by atoms with Crippen molar-refractivity contribution in [3.05, 3.63) is 53.6 Å². The second kappa shape index (κ2) is 8.07. The predicted molar refractivity (Wildman–Crippen MR) is 111 cm³/mol. The fourth-order valence-corrected chi connectivity index (χ4v) is 4.50. The average molecular weight is 385 g/mol. The summed E-state index contributed by atoms with van der Waals surface area (Å²) in [6.45, 7) is 4.21. The standard InChI is InChI=1S/C24H23N3O2/c1-15-8-20(9-16(2)28-15)24-12-22(27-14-26)21-11-19(6-7-23(21)29-24)18-5-3-4-17(10-18)13-25/h3-7,10-11,15-16,20,24H,8-9,12H2,1-2H3/b27-22+. The quantitative estimate of drug-likeness (QED) is 0.692. The van der Waals surface area contributed by atoms with E-state index in [2.05, 4.69) is 24.9 Å². The Labute approximate surface area is 171 Å². The maximum atomic E-state index is 9.25. The summed E-state index contributed by atoms with van der Waals surface area (Å²) in [5.41, 5.74) is 4.17. The number of ether oxygens (including phenoxy) is 2. The summed E-state index contributed by atoms with van der Waals surface area (Å²) in [5, 5.41) is 18.4. The van der Waals surface area contributed by atoms with Crippen molar-refractivity contribution in [2.24, 2.45) is 10.9 Å². The predicted octanol–water partition coefficient (Wildman–Crippen LogP) is 4.85. The van der Waals surface area contributed by atoms with Gasteiger partial charge in [0.15, 0.2) is 0 Å². The number of aliphatic imine (C=N–C) groups is 1. The minimum Gasteiger partial charge on any atom is -0.489 e. The number of nitrogens with zero attached hydrogens (tertiary/aromatic N) is 3. The van der Waals surface area contributed by atoms with E-state index >= 15 is 0 Å². The topological polar surface area (TPSA) is 78.4 Å². The lowest BCUT2D eigenvalue weighted by atomic mass is 9.83. The van der Waals surface area contributed by atoms with Gasteiger partial charge in [-0.3, -0.25) is 0 Å². The highest BCUT2D eigenvalue weighted by atomic mass is 16.5. The summed E-state index contributed by atoms with van der Waals surface area (Å²) in [5.74, 6) is 1.14. The highest BCUT2D eigenvalue weighted by Gasteiger charge is 2.36. The first-order valence-electron chi connectivity index (χ1n) is 10.00. The van der Waals surface area contributed by atoms with Crippen LogP contribution in [-0.2, 0) is 4.74 Å². The SMILES string of the molecule is CC1CC(C2C/C(=N\C#N)c3cc(-c4cccc(C#N)c4)ccc3O2)CC(C)O1. The largest absolute Gasteiger partial charge is 0.489 e. The molecule has 1 saturated heterocycles. The minimum absolute atomic E-state index is 0.00355. The van der Waals surface area contributed by atoms with Crippen molar-refractivity contribution < 1.29 is 9.47 Å². The molecule has 2 heterocycles. The first kappa shape index (κ1) is 19.2. The molecule has 2 aliphatic rings. The lowest BCUT2D eigenvalue weighted by Gasteiger charge is -2.39. The maximum absolute atomic E-state index is 9.25. The van der Waals surface area contributed by atoms with Crippen molar-refractivity contribution in [1.82, 2.24) is 0 Å². The van der Waals surface area contributed by atoms with Crippen molar-refractivity contribution in [2.75, 3.05) is 0 Å². The fraction of sp³-hybridized carbons (Fsp3) is 0.375. The Morgan fingerprint density at radius 1 is 1.00 bits per heavy atom. The van der Waals surface area contributed by atoms with Gasteiger partial charge in [-0.1, -0.05) is 18.2 Å². The monoisotopic (exact) mass is 385 g/mol. The van der Waals surface area contributed by atoms with E-state index in [1.807, 2.05) is 42.6 Å². The van der Waals surface area contributed by atoms with Crippen LogP contribution in [-0.4, -0.2) is 24.0 Å². The van der Waals surface area contributed by atoms with E-state index in [1.54, 1.807) is 6.07 Å². The molecule has 0 aliphatic carbocycles. The van der Waals surface area contributed by atoms with Crippen LogP contribution in [0.1, 0.15) is 44.2 Å². The van der Waals surface area contributed by atoms with Crippen LogP contribution in [0.25, 0.3) is 11.1 Å². The van der Waals surface area contributed by atoms with E-state index in [1.165, 1.54) is 0 Å². The van der Waals surface area contributed by atoms with Crippen molar-refractivity contribution in [3.63, 3.8) is 0 Å². The normalized spacial score (nSPS) is 27.4. The molecule has 5 nitrogen and oxygen atoms in total. The molecule has 2 aromatic carbocycles. The third-order valence-corrected chi connectivity index (χ3v) is 5.73. The first-order valence-corrected chi connectivity index (χ1v) is 10.00. The summed E-state index contributed by atoms with van der Waals surface area (Å²) in [7, 11) is 0. The molecule has 3 unspecified atom stereocenters. The summed E-state index contributed by atoms with van der Waals surface area (Å²) in [4.78, 5) is 4.14. The molecule has 0 aromatic heterocycles. The van der Waals surface area contributed by atoms with Crippen LogP contribution >= 0.6 is 0 Å². The molecule has 0 spiro atoms. The van der Waals surface area contributed by atoms with E-state index < -0.39 is 0 Å². The molecule has 146 valence electrons. The van der Waals surface area contributed by atoms with Crippen molar-refractivity contribution >= 4 is 5.71 Å². The average Bonchev–Trinajstić information content (AvgIpc) is 2.73. The first-order chi connectivity index (χ1) is 14.1. The molecule has 29 heavy (non-hydrogen) atoms. The fourth-order valence-electron chi connectivity index (χ4n) is 4.50. The Morgan fingerprint density at radius 2 is 1.76 bits per heavy atom. The van der Waals surface area contributed by atoms with Crippen molar-refractivity contribution in [1.29, 1.82) is 10.5 Å². The van der Waals surface area contributed by atoms with E-state index in [0.29, 0.717) is 17.9 Å². The molecular weight excluding hydrogens is 362 g/mol. The Hall–Kier alpha value is -3.15. The highest BCUT2D eigenvalue weighted by Crippen LogP contribution is 2.38. The highest BCUT2D eigenvalue weighted by molar-refractivity contribution is 6.05. The number of hydrogen-bond donors (Lipinski definition) is 0. The second-order valence-corrected chi connectivity index (χ2v) is 7.91. The number of fused-ring (bicyclic) bond motifs is 1. The van der Waals surface area contributed by atoms with Crippen LogP contribution in [0.5, 0.6) is 5.75 Å². The Balaban J connectivity index is 1.67. The molecular formula is C24H23N3O2. The van der Waals surface area contributed by atoms with Crippen molar-refractivity contribution in [3.8, 4) is 29.1 Å². The summed E-state index contributed by atoms with van der Waals surface area (Å²) < 4.78 is 12.3. The summed E-state index contributed by atoms with van der Waals surface area (Å²) in [6.07, 6.45) is 4.89. The van der Waals surface area contributed by atoms with E-state index in [9.17, 15) is 5.26 Å². The number of hydrogen-bond acceptors (Lipinski definition) is 5. The minimum atomic E-state index is -0.00355. The van der Waals surface area contributed by atoms with E-state index in [-0.39, 0.29) is 18.3 Å². The zero-order valence-corrected chi connectivity index (χ0v) is 16.6. The van der Waals surface area contributed by atoms with Gasteiger partial charge in [-0.05, 0) is 62.1 Å². The zero-order chi connectivity index (χ0) is 20.4. The van der Waals surface area contributed by atoms with E-state index in [4.69, 9.17) is 14.7 Å². The van der Waals surface area contributed by atoms with Gasteiger partial charge in [0.25, 0.3) is 0 Å². The molecule has 3 atom stereocenters. The van der Waals surface area contributed by atoms with Crippen LogP contribution in [0.4, 0.5) is 0 Å². The number of nitriles is 2. The Kier molecular flexibility index (Phi) is 5.34. The molecule has 5 heteroatoms. The molecule has 2 aliphatic heterocycles. The second-order valence-electron chi connectivity index (χ2n) is 7.91. The van der Waals surface area contributed by atoms with E-state index in [0.717, 1.165) is 41.0 Å². The molecule has 0 amide bonds. The van der Waals surface area contributed by atoms with Gasteiger partial charge in [0.2, 0.25) is 6.19 Å². The maximum Gasteiger partial charge on any atom is 0.205 e. The third kappa shape index (κ3) is 4.01. The number of benzene rings is 2. The van der Waals surface area contributed by atoms with Crippen LogP contribution in [0, 0.1) is 28.7 Å². The third-order valence-electron chi connectivity index (χ3n) is 5.73. The number of rotatable bonds is 2. The van der Waals surface area contributed by atoms with Crippen LogP contribution < -0.4 is 4.74 Å². The molecule has 0 saturated carbocycles. The molecule has 1 fully saturated rings.